The highest BCUT2D eigenvalue weighted by Gasteiger charge is 2.21. The normalized spacial score (nSPS) is 10.7. The van der Waals surface area contributed by atoms with Gasteiger partial charge >= 0.3 is 17.9 Å². The molecule has 0 bridgehead atoms. The number of hydrogen-bond donors (Lipinski definition) is 2. The van der Waals surface area contributed by atoms with Gasteiger partial charge in [-0.05, 0) is 32.3 Å². The van der Waals surface area contributed by atoms with Crippen molar-refractivity contribution in [3.05, 3.63) is 47.1 Å². The van der Waals surface area contributed by atoms with Crippen LogP contribution in [0, 0.1) is 0 Å². The second kappa shape index (κ2) is 13.8. The Hall–Kier alpha value is -3.34. The zero-order chi connectivity index (χ0) is 23.2. The van der Waals surface area contributed by atoms with Gasteiger partial charge in [-0.2, -0.15) is 0 Å². The van der Waals surface area contributed by atoms with Gasteiger partial charge in [0.25, 0.3) is 0 Å². The lowest BCUT2D eigenvalue weighted by atomic mass is 10.1. The molecule has 0 saturated heterocycles. The summed E-state index contributed by atoms with van der Waals surface area (Å²) in [6.07, 6.45) is 5.05. The van der Waals surface area contributed by atoms with Crippen LogP contribution in [-0.4, -0.2) is 51.2 Å². The van der Waals surface area contributed by atoms with Crippen LogP contribution in [0.1, 0.15) is 56.3 Å². The molecule has 2 N–H and O–H groups in total. The van der Waals surface area contributed by atoms with Crippen molar-refractivity contribution in [2.24, 2.45) is 0 Å². The second-order valence-corrected chi connectivity index (χ2v) is 6.77. The van der Waals surface area contributed by atoms with Gasteiger partial charge in [-0.3, -0.25) is 0 Å². The maximum atomic E-state index is 11.8. The molecule has 0 aliphatic carbocycles. The van der Waals surface area contributed by atoms with E-state index in [0.717, 1.165) is 12.1 Å². The van der Waals surface area contributed by atoms with Crippen molar-refractivity contribution in [1.29, 1.82) is 0 Å². The SMILES string of the molecule is CCOC(=O)C(=CNc1nc(C(C)CC)cs1)C(=O)OCC.O=C(O)c1ncccn1. The molecule has 1 atom stereocenters. The van der Waals surface area contributed by atoms with Gasteiger partial charge in [-0.15, -0.1) is 11.3 Å². The molecule has 168 valence electrons. The van der Waals surface area contributed by atoms with Crippen LogP contribution in [0.3, 0.4) is 0 Å². The first-order chi connectivity index (χ1) is 14.8. The molecule has 2 rings (SSSR count). The number of carboxylic acids is 1. The first-order valence-corrected chi connectivity index (χ1v) is 10.5. The number of esters is 2. The summed E-state index contributed by atoms with van der Waals surface area (Å²) in [6.45, 7) is 7.91. The summed E-state index contributed by atoms with van der Waals surface area (Å²) in [7, 11) is 0. The molecule has 2 aromatic heterocycles. The van der Waals surface area contributed by atoms with Gasteiger partial charge in [-0.25, -0.2) is 29.3 Å². The molecule has 10 nitrogen and oxygen atoms in total. The summed E-state index contributed by atoms with van der Waals surface area (Å²) < 4.78 is 9.71. The summed E-state index contributed by atoms with van der Waals surface area (Å²) in [5, 5.41) is 13.7. The molecule has 0 spiro atoms. The molecule has 0 fully saturated rings. The number of ether oxygens (including phenoxy) is 2. The minimum absolute atomic E-state index is 0.169. The third-order valence-electron chi connectivity index (χ3n) is 3.73. The van der Waals surface area contributed by atoms with Crippen molar-refractivity contribution in [1.82, 2.24) is 15.0 Å². The monoisotopic (exact) mass is 450 g/mol. The van der Waals surface area contributed by atoms with Crippen LogP contribution in [0.5, 0.6) is 0 Å². The van der Waals surface area contributed by atoms with Crippen LogP contribution in [0.15, 0.2) is 35.6 Å². The van der Waals surface area contributed by atoms with Crippen molar-refractivity contribution in [3.8, 4) is 0 Å². The lowest BCUT2D eigenvalue weighted by molar-refractivity contribution is -0.146. The number of carboxylic acid groups (broad SMARTS) is 1. The third-order valence-corrected chi connectivity index (χ3v) is 4.52. The van der Waals surface area contributed by atoms with Gasteiger partial charge in [0.1, 0.15) is 0 Å². The molecule has 1 unspecified atom stereocenters. The van der Waals surface area contributed by atoms with Crippen LogP contribution < -0.4 is 5.32 Å². The summed E-state index contributed by atoms with van der Waals surface area (Å²) in [5.74, 6) is -2.34. The van der Waals surface area contributed by atoms with Crippen molar-refractivity contribution < 1.29 is 29.0 Å². The van der Waals surface area contributed by atoms with E-state index < -0.39 is 17.9 Å². The molecule has 0 aliphatic rings. The van der Waals surface area contributed by atoms with Gasteiger partial charge < -0.3 is 19.9 Å². The van der Waals surface area contributed by atoms with Crippen LogP contribution in [0.25, 0.3) is 0 Å². The molecular formula is C20H26N4O6S. The smallest absolute Gasteiger partial charge is 0.373 e. The maximum absolute atomic E-state index is 11.8. The Kier molecular flexibility index (Phi) is 11.4. The number of carbonyl (C=O) groups excluding carboxylic acids is 2. The number of anilines is 1. The average Bonchev–Trinajstić information content (AvgIpc) is 3.24. The molecule has 2 heterocycles. The fraction of sp³-hybridized carbons (Fsp3) is 0.400. The number of carbonyl (C=O) groups is 3. The van der Waals surface area contributed by atoms with Crippen LogP contribution >= 0.6 is 11.3 Å². The first kappa shape index (κ1) is 25.7. The number of aromatic nitrogens is 3. The number of nitrogens with one attached hydrogen (secondary N) is 1. The number of rotatable bonds is 9. The van der Waals surface area contributed by atoms with E-state index in [1.165, 1.54) is 29.9 Å². The number of thiazole rings is 1. The number of aromatic carboxylic acids is 1. The van der Waals surface area contributed by atoms with Crippen LogP contribution in [0.4, 0.5) is 5.13 Å². The topological polar surface area (TPSA) is 141 Å². The Morgan fingerprint density at radius 2 is 1.71 bits per heavy atom. The first-order valence-electron chi connectivity index (χ1n) is 9.60. The molecule has 11 heteroatoms. The molecule has 0 aromatic carbocycles. The van der Waals surface area contributed by atoms with Crippen LogP contribution in [-0.2, 0) is 19.1 Å². The van der Waals surface area contributed by atoms with E-state index >= 15 is 0 Å². The standard InChI is InChI=1S/C15H22N2O4S.C5H4N2O2/c1-5-10(4)12-9-22-15(17-12)16-8-11(13(18)20-6-2)14(19)21-7-3;8-5(9)4-6-2-1-3-7-4/h8-10H,5-7H2,1-4H3,(H,16,17);1-3H,(H,8,9). The quantitative estimate of drug-likeness (QED) is 0.253. The summed E-state index contributed by atoms with van der Waals surface area (Å²) in [6, 6.07) is 1.56. The van der Waals surface area contributed by atoms with Gasteiger partial charge in [0.05, 0.1) is 18.9 Å². The Labute approximate surface area is 184 Å². The summed E-state index contributed by atoms with van der Waals surface area (Å²) >= 11 is 1.41. The molecule has 0 saturated carbocycles. The predicted molar refractivity (Wildman–Crippen MR) is 115 cm³/mol. The van der Waals surface area contributed by atoms with E-state index in [2.05, 4.69) is 34.1 Å². The lowest BCUT2D eigenvalue weighted by Crippen LogP contribution is -2.19. The van der Waals surface area contributed by atoms with E-state index in [9.17, 15) is 14.4 Å². The Morgan fingerprint density at radius 1 is 1.13 bits per heavy atom. The minimum atomic E-state index is -1.10. The molecular weight excluding hydrogens is 424 g/mol. The van der Waals surface area contributed by atoms with Crippen molar-refractivity contribution in [2.75, 3.05) is 18.5 Å². The second-order valence-electron chi connectivity index (χ2n) is 5.91. The lowest BCUT2D eigenvalue weighted by Gasteiger charge is -2.06. The highest BCUT2D eigenvalue weighted by atomic mass is 32.1. The molecule has 0 amide bonds. The minimum Gasteiger partial charge on any atom is -0.475 e. The molecule has 2 aromatic rings. The van der Waals surface area contributed by atoms with Crippen molar-refractivity contribution >= 4 is 34.4 Å². The van der Waals surface area contributed by atoms with Crippen molar-refractivity contribution in [3.63, 3.8) is 0 Å². The van der Waals surface area contributed by atoms with Gasteiger partial charge in [0.15, 0.2) is 10.7 Å². The predicted octanol–water partition coefficient (Wildman–Crippen LogP) is 3.25. The van der Waals surface area contributed by atoms with Gasteiger partial charge in [0, 0.05) is 24.0 Å². The zero-order valence-electron chi connectivity index (χ0n) is 17.8. The molecule has 0 radical (unpaired) electrons. The number of nitrogens with zero attached hydrogens (tertiary/aromatic N) is 3. The van der Waals surface area contributed by atoms with E-state index in [0.29, 0.717) is 11.0 Å². The van der Waals surface area contributed by atoms with Crippen molar-refractivity contribution in [2.45, 2.75) is 40.0 Å². The maximum Gasteiger partial charge on any atom is 0.373 e. The fourth-order valence-corrected chi connectivity index (χ4v) is 2.75. The van der Waals surface area contributed by atoms with E-state index in [-0.39, 0.29) is 24.6 Å². The van der Waals surface area contributed by atoms with E-state index in [1.807, 2.05) is 5.38 Å². The zero-order valence-corrected chi connectivity index (χ0v) is 18.6. The third kappa shape index (κ3) is 8.91. The number of hydrogen-bond acceptors (Lipinski definition) is 10. The van der Waals surface area contributed by atoms with E-state index in [1.54, 1.807) is 19.9 Å². The Balaban J connectivity index is 0.000000442. The van der Waals surface area contributed by atoms with Gasteiger partial charge in [0.2, 0.25) is 5.82 Å². The molecule has 0 aliphatic heterocycles. The summed E-state index contributed by atoms with van der Waals surface area (Å²) in [5.41, 5.74) is 0.807. The Morgan fingerprint density at radius 3 is 2.16 bits per heavy atom. The molecule has 31 heavy (non-hydrogen) atoms. The van der Waals surface area contributed by atoms with Gasteiger partial charge in [-0.1, -0.05) is 13.8 Å². The Bertz CT molecular complexity index is 865. The highest BCUT2D eigenvalue weighted by Crippen LogP contribution is 2.24. The highest BCUT2D eigenvalue weighted by molar-refractivity contribution is 7.13. The fourth-order valence-electron chi connectivity index (χ4n) is 1.95. The largest absolute Gasteiger partial charge is 0.475 e. The van der Waals surface area contributed by atoms with Crippen LogP contribution in [0.2, 0.25) is 0 Å². The average molecular weight is 451 g/mol. The summed E-state index contributed by atoms with van der Waals surface area (Å²) in [4.78, 5) is 45.0. The van der Waals surface area contributed by atoms with E-state index in [4.69, 9.17) is 14.6 Å².